The van der Waals surface area contributed by atoms with Crippen LogP contribution >= 0.6 is 0 Å². The van der Waals surface area contributed by atoms with Crippen LogP contribution in [0.25, 0.3) is 0 Å². The van der Waals surface area contributed by atoms with E-state index >= 15 is 0 Å². The quantitative estimate of drug-likeness (QED) is 0.740. The minimum atomic E-state index is -0.417. The first-order chi connectivity index (χ1) is 14.0. The Morgan fingerprint density at radius 3 is 2.66 bits per heavy atom. The fourth-order valence-electron chi connectivity index (χ4n) is 3.43. The van der Waals surface area contributed by atoms with E-state index in [0.717, 1.165) is 5.56 Å². The molecule has 7 heteroatoms. The van der Waals surface area contributed by atoms with Crippen molar-refractivity contribution in [1.29, 1.82) is 0 Å². The van der Waals surface area contributed by atoms with E-state index in [1.807, 2.05) is 18.2 Å². The lowest BCUT2D eigenvalue weighted by molar-refractivity contribution is -0.129. The number of ether oxygens (including phenoxy) is 2. The zero-order valence-corrected chi connectivity index (χ0v) is 16.6. The van der Waals surface area contributed by atoms with Crippen LogP contribution in [0.5, 0.6) is 11.5 Å². The molecule has 1 aliphatic heterocycles. The number of amides is 2. The number of likely N-dealkylation sites (tertiary alicyclic amines) is 1. The molecular formula is C22H25FN2O4. The van der Waals surface area contributed by atoms with Crippen LogP contribution in [0.2, 0.25) is 0 Å². The third-order valence-corrected chi connectivity index (χ3v) is 5.11. The molecule has 1 atom stereocenters. The average Bonchev–Trinajstić information content (AvgIpc) is 3.11. The molecule has 1 aliphatic rings. The second kappa shape index (κ2) is 9.41. The summed E-state index contributed by atoms with van der Waals surface area (Å²) in [4.78, 5) is 26.4. The maximum Gasteiger partial charge on any atom is 0.225 e. The summed E-state index contributed by atoms with van der Waals surface area (Å²) >= 11 is 0. The number of halogens is 1. The average molecular weight is 400 g/mol. The molecule has 0 aliphatic carbocycles. The van der Waals surface area contributed by atoms with E-state index in [4.69, 9.17) is 9.47 Å². The molecule has 1 fully saturated rings. The number of benzene rings is 2. The van der Waals surface area contributed by atoms with Crippen LogP contribution in [0.15, 0.2) is 42.5 Å². The highest BCUT2D eigenvalue weighted by Crippen LogP contribution is 2.28. The van der Waals surface area contributed by atoms with Gasteiger partial charge in [-0.3, -0.25) is 9.59 Å². The lowest BCUT2D eigenvalue weighted by atomic mass is 10.1. The largest absolute Gasteiger partial charge is 0.493 e. The summed E-state index contributed by atoms with van der Waals surface area (Å²) in [5.41, 5.74) is 1.44. The van der Waals surface area contributed by atoms with Crippen molar-refractivity contribution in [1.82, 2.24) is 10.2 Å². The topological polar surface area (TPSA) is 67.9 Å². The first-order valence-corrected chi connectivity index (χ1v) is 9.51. The Balaban J connectivity index is 1.52. The van der Waals surface area contributed by atoms with Crippen molar-refractivity contribution >= 4 is 11.8 Å². The van der Waals surface area contributed by atoms with E-state index in [1.54, 1.807) is 37.3 Å². The Labute approximate surface area is 169 Å². The van der Waals surface area contributed by atoms with Crippen molar-refractivity contribution in [3.8, 4) is 11.5 Å². The second-order valence-electron chi connectivity index (χ2n) is 6.99. The summed E-state index contributed by atoms with van der Waals surface area (Å²) < 4.78 is 24.2. The van der Waals surface area contributed by atoms with Crippen molar-refractivity contribution in [2.75, 3.05) is 27.3 Å². The number of rotatable bonds is 8. The number of methoxy groups -OCH3 is 2. The van der Waals surface area contributed by atoms with E-state index in [9.17, 15) is 14.0 Å². The molecule has 29 heavy (non-hydrogen) atoms. The van der Waals surface area contributed by atoms with Gasteiger partial charge in [0.05, 0.1) is 20.1 Å². The van der Waals surface area contributed by atoms with Crippen LogP contribution in [-0.4, -0.2) is 44.0 Å². The van der Waals surface area contributed by atoms with Gasteiger partial charge in [0.1, 0.15) is 5.82 Å². The molecule has 2 amide bonds. The number of hydrogen-bond donors (Lipinski definition) is 1. The first-order valence-electron chi connectivity index (χ1n) is 9.51. The van der Waals surface area contributed by atoms with Crippen LogP contribution in [0, 0.1) is 11.7 Å². The summed E-state index contributed by atoms with van der Waals surface area (Å²) in [6.45, 7) is 1.00. The fourth-order valence-corrected chi connectivity index (χ4v) is 3.43. The molecule has 1 saturated heterocycles. The molecule has 0 bridgehead atoms. The molecule has 0 spiro atoms. The third kappa shape index (κ3) is 5.04. The van der Waals surface area contributed by atoms with E-state index < -0.39 is 5.92 Å². The Morgan fingerprint density at radius 2 is 1.93 bits per heavy atom. The highest BCUT2D eigenvalue weighted by atomic mass is 19.1. The van der Waals surface area contributed by atoms with Gasteiger partial charge in [0, 0.05) is 31.6 Å². The second-order valence-corrected chi connectivity index (χ2v) is 6.99. The van der Waals surface area contributed by atoms with Gasteiger partial charge < -0.3 is 19.7 Å². The lowest BCUT2D eigenvalue weighted by Crippen LogP contribution is -2.33. The normalized spacial score (nSPS) is 16.0. The Kier molecular flexibility index (Phi) is 6.69. The van der Waals surface area contributed by atoms with Gasteiger partial charge in [0.15, 0.2) is 11.5 Å². The maximum absolute atomic E-state index is 13.7. The van der Waals surface area contributed by atoms with Crippen LogP contribution < -0.4 is 14.8 Å². The van der Waals surface area contributed by atoms with Gasteiger partial charge in [-0.25, -0.2) is 4.39 Å². The SMILES string of the molecule is COc1ccc(CCN2CC(C(=O)NCc3ccccc3F)CC2=O)cc1OC. The number of carbonyl (C=O) groups is 2. The molecule has 0 aromatic heterocycles. The molecule has 3 rings (SSSR count). The Hall–Kier alpha value is -3.09. The van der Waals surface area contributed by atoms with E-state index in [0.29, 0.717) is 36.6 Å². The summed E-state index contributed by atoms with van der Waals surface area (Å²) in [6, 6.07) is 12.0. The molecule has 0 radical (unpaired) electrons. The molecule has 0 saturated carbocycles. The van der Waals surface area contributed by atoms with Crippen LogP contribution in [0.3, 0.4) is 0 Å². The van der Waals surface area contributed by atoms with Gasteiger partial charge in [0.2, 0.25) is 11.8 Å². The molecule has 154 valence electrons. The Bertz CT molecular complexity index is 887. The fraction of sp³-hybridized carbons (Fsp3) is 0.364. The highest BCUT2D eigenvalue weighted by Gasteiger charge is 2.33. The Morgan fingerprint density at radius 1 is 1.17 bits per heavy atom. The van der Waals surface area contributed by atoms with Gasteiger partial charge in [-0.15, -0.1) is 0 Å². The predicted octanol–water partition coefficient (Wildman–Crippen LogP) is 2.55. The minimum absolute atomic E-state index is 0.0449. The predicted molar refractivity (Wildman–Crippen MR) is 106 cm³/mol. The van der Waals surface area contributed by atoms with Crippen LogP contribution in [0.4, 0.5) is 4.39 Å². The maximum atomic E-state index is 13.7. The number of hydrogen-bond acceptors (Lipinski definition) is 4. The van der Waals surface area contributed by atoms with Crippen molar-refractivity contribution < 1.29 is 23.5 Å². The minimum Gasteiger partial charge on any atom is -0.493 e. The molecule has 1 N–H and O–H groups in total. The summed E-state index contributed by atoms with van der Waals surface area (Å²) in [5.74, 6) is 0.251. The summed E-state index contributed by atoms with van der Waals surface area (Å²) in [7, 11) is 3.16. The monoisotopic (exact) mass is 400 g/mol. The van der Waals surface area contributed by atoms with Crippen molar-refractivity contribution in [2.24, 2.45) is 5.92 Å². The van der Waals surface area contributed by atoms with E-state index in [-0.39, 0.29) is 30.6 Å². The van der Waals surface area contributed by atoms with Gasteiger partial charge in [0.25, 0.3) is 0 Å². The first kappa shape index (κ1) is 20.6. The molecule has 1 heterocycles. The van der Waals surface area contributed by atoms with E-state index in [2.05, 4.69) is 5.32 Å². The summed E-state index contributed by atoms with van der Waals surface area (Å²) in [6.07, 6.45) is 0.824. The van der Waals surface area contributed by atoms with Crippen LogP contribution in [0.1, 0.15) is 17.5 Å². The van der Waals surface area contributed by atoms with Crippen molar-refractivity contribution in [3.63, 3.8) is 0 Å². The van der Waals surface area contributed by atoms with E-state index in [1.165, 1.54) is 6.07 Å². The molecular weight excluding hydrogens is 375 g/mol. The van der Waals surface area contributed by atoms with Gasteiger partial charge in [-0.05, 0) is 30.2 Å². The zero-order valence-electron chi connectivity index (χ0n) is 16.6. The standard InChI is InChI=1S/C22H25FN2O4/c1-28-19-8-7-15(11-20(19)29-2)9-10-25-14-17(12-21(25)26)22(27)24-13-16-5-3-4-6-18(16)23/h3-8,11,17H,9-10,12-14H2,1-2H3,(H,24,27). The summed E-state index contributed by atoms with van der Waals surface area (Å²) in [5, 5.41) is 2.74. The third-order valence-electron chi connectivity index (χ3n) is 5.11. The smallest absolute Gasteiger partial charge is 0.225 e. The lowest BCUT2D eigenvalue weighted by Gasteiger charge is -2.17. The molecule has 2 aromatic carbocycles. The molecule has 1 unspecified atom stereocenters. The van der Waals surface area contributed by atoms with Crippen molar-refractivity contribution in [3.05, 3.63) is 59.4 Å². The zero-order chi connectivity index (χ0) is 20.8. The van der Waals surface area contributed by atoms with Crippen molar-refractivity contribution in [2.45, 2.75) is 19.4 Å². The number of nitrogens with zero attached hydrogens (tertiary/aromatic N) is 1. The highest BCUT2D eigenvalue weighted by molar-refractivity contribution is 5.89. The number of carbonyl (C=O) groups excluding carboxylic acids is 2. The van der Waals surface area contributed by atoms with Gasteiger partial charge >= 0.3 is 0 Å². The van der Waals surface area contributed by atoms with Gasteiger partial charge in [-0.2, -0.15) is 0 Å². The molecule has 2 aromatic rings. The van der Waals surface area contributed by atoms with Gasteiger partial charge in [-0.1, -0.05) is 24.3 Å². The van der Waals surface area contributed by atoms with Crippen LogP contribution in [-0.2, 0) is 22.6 Å². The molecule has 6 nitrogen and oxygen atoms in total. The number of nitrogens with one attached hydrogen (secondary N) is 1.